The summed E-state index contributed by atoms with van der Waals surface area (Å²) in [5, 5.41) is 11.3. The summed E-state index contributed by atoms with van der Waals surface area (Å²) in [6, 6.07) is 0.300. The van der Waals surface area contributed by atoms with Gasteiger partial charge in [0, 0.05) is 42.9 Å². The smallest absolute Gasteiger partial charge is 0.407 e. The lowest BCUT2D eigenvalue weighted by Gasteiger charge is -2.51. The van der Waals surface area contributed by atoms with Crippen molar-refractivity contribution < 1.29 is 27.0 Å². The summed E-state index contributed by atoms with van der Waals surface area (Å²) < 4.78 is 71.2. The first kappa shape index (κ1) is 9.58. The predicted octanol–water partition coefficient (Wildman–Crippen LogP) is 2.29. The van der Waals surface area contributed by atoms with E-state index in [0.29, 0.717) is 45.1 Å². The van der Waals surface area contributed by atoms with Crippen molar-refractivity contribution in [2.75, 3.05) is 26.2 Å². The first-order chi connectivity index (χ1) is 15.4. The standard InChI is InChI=1S/C19H31N3O3/c1-18(5-2-6-18)20-16(23)14-3-8-21(9-4-14)15-11-19(12-15)7-10-22(13-19)17(24)25/h14-15H,2-13H2,1H3,(H,20,23)(H,24,25)/i1D3,2D2,5D2,6D2. The van der Waals surface area contributed by atoms with Crippen molar-refractivity contribution >= 4 is 12.0 Å². The summed E-state index contributed by atoms with van der Waals surface area (Å²) in [5.74, 6) is -1.39. The van der Waals surface area contributed by atoms with Crippen molar-refractivity contribution in [2.45, 2.75) is 69.7 Å². The molecule has 0 radical (unpaired) electrons. The molecule has 140 valence electrons. The van der Waals surface area contributed by atoms with E-state index in [9.17, 15) is 14.7 Å². The number of carbonyl (C=O) groups is 2. The molecule has 0 bridgehead atoms. The van der Waals surface area contributed by atoms with Crippen LogP contribution in [0.15, 0.2) is 0 Å². The van der Waals surface area contributed by atoms with Crippen LogP contribution in [0.5, 0.6) is 0 Å². The van der Waals surface area contributed by atoms with E-state index in [0.717, 1.165) is 19.3 Å². The number of piperidine rings is 1. The minimum absolute atomic E-state index is 0.0315. The maximum Gasteiger partial charge on any atom is 0.407 e. The Balaban J connectivity index is 1.36. The maximum absolute atomic E-state index is 13.0. The van der Waals surface area contributed by atoms with Crippen LogP contribution in [0.1, 0.15) is 70.4 Å². The van der Waals surface area contributed by atoms with E-state index in [1.54, 1.807) is 0 Å². The molecule has 2 saturated heterocycles. The van der Waals surface area contributed by atoms with Gasteiger partial charge in [-0.3, -0.25) is 4.79 Å². The highest BCUT2D eigenvalue weighted by molar-refractivity contribution is 5.79. The van der Waals surface area contributed by atoms with Gasteiger partial charge in [-0.05, 0) is 76.6 Å². The van der Waals surface area contributed by atoms with Gasteiger partial charge in [0.25, 0.3) is 0 Å². The molecule has 4 rings (SSSR count). The molecule has 2 aliphatic heterocycles. The minimum Gasteiger partial charge on any atom is -0.465 e. The molecule has 1 spiro atoms. The van der Waals surface area contributed by atoms with E-state index in [2.05, 4.69) is 10.2 Å². The van der Waals surface area contributed by atoms with Crippen LogP contribution in [0.25, 0.3) is 0 Å². The molecule has 6 heteroatoms. The molecule has 2 heterocycles. The number of amides is 2. The lowest BCUT2D eigenvalue weighted by atomic mass is 9.64. The second-order valence-electron chi connectivity index (χ2n) is 7.94. The van der Waals surface area contributed by atoms with Gasteiger partial charge in [-0.15, -0.1) is 0 Å². The van der Waals surface area contributed by atoms with E-state index in [1.807, 2.05) is 0 Å². The molecule has 6 nitrogen and oxygen atoms in total. The summed E-state index contributed by atoms with van der Waals surface area (Å²) >= 11 is 0. The Bertz CT molecular complexity index is 847. The Morgan fingerprint density at radius 3 is 2.56 bits per heavy atom. The van der Waals surface area contributed by atoms with Crippen LogP contribution in [0.3, 0.4) is 0 Å². The van der Waals surface area contributed by atoms with Crippen molar-refractivity contribution in [3.8, 4) is 0 Å². The highest BCUT2D eigenvalue weighted by atomic mass is 16.4. The average molecular weight is 359 g/mol. The largest absolute Gasteiger partial charge is 0.465 e. The Labute approximate surface area is 162 Å². The van der Waals surface area contributed by atoms with Crippen molar-refractivity contribution in [3.63, 3.8) is 0 Å². The summed E-state index contributed by atoms with van der Waals surface area (Å²) in [7, 11) is 0. The minimum atomic E-state index is -3.30. The summed E-state index contributed by atoms with van der Waals surface area (Å²) in [6.45, 7) is -1.06. The zero-order valence-electron chi connectivity index (χ0n) is 23.2. The van der Waals surface area contributed by atoms with Gasteiger partial charge in [0.15, 0.2) is 0 Å². The molecule has 2 amide bonds. The number of likely N-dealkylation sites (tertiary alicyclic amines) is 2. The molecular weight excluding hydrogens is 318 g/mol. The number of hydrogen-bond acceptors (Lipinski definition) is 3. The fourth-order valence-corrected chi connectivity index (χ4v) is 4.69. The summed E-state index contributed by atoms with van der Waals surface area (Å²) in [4.78, 5) is 27.9. The normalized spacial score (nSPS) is 41.1. The third-order valence-electron chi connectivity index (χ3n) is 6.27. The van der Waals surface area contributed by atoms with Crippen LogP contribution >= 0.6 is 0 Å². The molecule has 0 unspecified atom stereocenters. The fraction of sp³-hybridized carbons (Fsp3) is 0.895. The number of nitrogens with one attached hydrogen (secondary N) is 1. The van der Waals surface area contributed by atoms with E-state index in [-0.39, 0.29) is 5.41 Å². The molecule has 0 aromatic heterocycles. The Kier molecular flexibility index (Phi) is 2.36. The second-order valence-corrected chi connectivity index (χ2v) is 7.94. The summed E-state index contributed by atoms with van der Waals surface area (Å²) in [6.07, 6.45) is -6.80. The van der Waals surface area contributed by atoms with Crippen molar-refractivity contribution in [2.24, 2.45) is 11.3 Å². The lowest BCUT2D eigenvalue weighted by Crippen LogP contribution is -2.56. The van der Waals surface area contributed by atoms with Crippen LogP contribution in [0.4, 0.5) is 4.79 Å². The van der Waals surface area contributed by atoms with Crippen LogP contribution in [0, 0.1) is 11.3 Å². The first-order valence-electron chi connectivity index (χ1n) is 13.5. The summed E-state index contributed by atoms with van der Waals surface area (Å²) in [5.41, 5.74) is -2.95. The number of nitrogens with zero attached hydrogens (tertiary/aromatic N) is 2. The molecule has 2 saturated carbocycles. The van der Waals surface area contributed by atoms with Gasteiger partial charge in [-0.2, -0.15) is 0 Å². The van der Waals surface area contributed by atoms with Crippen LogP contribution in [-0.2, 0) is 4.79 Å². The predicted molar refractivity (Wildman–Crippen MR) is 94.4 cm³/mol. The molecule has 4 fully saturated rings. The van der Waals surface area contributed by atoms with Gasteiger partial charge < -0.3 is 20.2 Å². The number of hydrogen-bond donors (Lipinski definition) is 2. The Hall–Kier alpha value is -1.30. The fourth-order valence-electron chi connectivity index (χ4n) is 4.69. The third-order valence-corrected chi connectivity index (χ3v) is 6.27. The quantitative estimate of drug-likeness (QED) is 0.812. The third kappa shape index (κ3) is 3.25. The van der Waals surface area contributed by atoms with E-state index >= 15 is 0 Å². The van der Waals surface area contributed by atoms with Gasteiger partial charge in [0.05, 0.1) is 0 Å². The molecular formula is C19H31N3O3. The Morgan fingerprint density at radius 2 is 1.96 bits per heavy atom. The molecule has 0 atom stereocenters. The second kappa shape index (κ2) is 6.15. The molecule has 0 aromatic rings. The topological polar surface area (TPSA) is 72.9 Å². The number of carboxylic acid groups (broad SMARTS) is 1. The van der Waals surface area contributed by atoms with Crippen molar-refractivity contribution in [1.82, 2.24) is 15.1 Å². The molecule has 4 aliphatic rings. The first-order valence-corrected chi connectivity index (χ1v) is 8.96. The van der Waals surface area contributed by atoms with E-state index < -0.39 is 49.4 Å². The average Bonchev–Trinajstić information content (AvgIpc) is 3.15. The zero-order chi connectivity index (χ0) is 25.5. The highest BCUT2D eigenvalue weighted by Crippen LogP contribution is 2.50. The molecule has 2 aliphatic carbocycles. The lowest BCUT2D eigenvalue weighted by molar-refractivity contribution is -0.130. The SMILES string of the molecule is [2H]C([2H])([2H])C1(NC(=O)C2CCN(C3CC4(CCN(C(=O)O)C4)C3)CC2)C([2H])([2H])C([2H])([2H])C1([2H])[2H]. The van der Waals surface area contributed by atoms with Crippen molar-refractivity contribution in [1.29, 1.82) is 0 Å². The number of rotatable bonds is 3. The van der Waals surface area contributed by atoms with Crippen molar-refractivity contribution in [3.05, 3.63) is 0 Å². The van der Waals surface area contributed by atoms with Gasteiger partial charge in [0.1, 0.15) is 0 Å². The van der Waals surface area contributed by atoms with Gasteiger partial charge in [-0.1, -0.05) is 0 Å². The van der Waals surface area contributed by atoms with Gasteiger partial charge in [-0.25, -0.2) is 4.79 Å². The van der Waals surface area contributed by atoms with E-state index in [4.69, 9.17) is 12.3 Å². The molecule has 25 heavy (non-hydrogen) atoms. The van der Waals surface area contributed by atoms with Crippen LogP contribution < -0.4 is 5.32 Å². The molecule has 2 N–H and O–H groups in total. The van der Waals surface area contributed by atoms with Crippen LogP contribution in [0.2, 0.25) is 0 Å². The monoisotopic (exact) mass is 358 g/mol. The van der Waals surface area contributed by atoms with Crippen LogP contribution in [-0.4, -0.2) is 64.7 Å². The highest BCUT2D eigenvalue weighted by Gasteiger charge is 2.51. The maximum atomic E-state index is 13.0. The van der Waals surface area contributed by atoms with E-state index in [1.165, 1.54) is 4.90 Å². The molecule has 0 aromatic carbocycles. The van der Waals surface area contributed by atoms with Gasteiger partial charge in [0.2, 0.25) is 5.91 Å². The Morgan fingerprint density at radius 1 is 1.24 bits per heavy atom. The number of carbonyl (C=O) groups excluding carboxylic acids is 1. The van der Waals surface area contributed by atoms with Gasteiger partial charge >= 0.3 is 6.09 Å². The zero-order valence-corrected chi connectivity index (χ0v) is 14.2.